The van der Waals surface area contributed by atoms with Gasteiger partial charge in [-0.05, 0) is 50.7 Å². The maximum Gasteiger partial charge on any atom is 0.294 e. The van der Waals surface area contributed by atoms with Crippen molar-refractivity contribution in [3.8, 4) is 0 Å². The summed E-state index contributed by atoms with van der Waals surface area (Å²) in [4.78, 5) is 19.9. The summed E-state index contributed by atoms with van der Waals surface area (Å²) in [7, 11) is 0. The average Bonchev–Trinajstić information content (AvgIpc) is 2.85. The molecule has 1 aliphatic carbocycles. The van der Waals surface area contributed by atoms with Crippen molar-refractivity contribution in [2.75, 3.05) is 11.4 Å². The second-order valence-electron chi connectivity index (χ2n) is 7.01. The van der Waals surface area contributed by atoms with Crippen LogP contribution in [0.25, 0.3) is 11.0 Å². The molecule has 2 fully saturated rings. The van der Waals surface area contributed by atoms with Gasteiger partial charge in [0.05, 0.1) is 11.0 Å². The van der Waals surface area contributed by atoms with Crippen LogP contribution in [-0.2, 0) is 6.54 Å². The van der Waals surface area contributed by atoms with E-state index in [2.05, 4.69) is 11.8 Å². The van der Waals surface area contributed by atoms with Crippen LogP contribution in [-0.4, -0.2) is 22.1 Å². The van der Waals surface area contributed by atoms with Gasteiger partial charge in [-0.2, -0.15) is 0 Å². The Bertz CT molecular complexity index is 775. The summed E-state index contributed by atoms with van der Waals surface area (Å²) >= 11 is 0. The monoisotopic (exact) mass is 297 g/mol. The summed E-state index contributed by atoms with van der Waals surface area (Å²) in [5, 5.41) is 0. The molecule has 4 nitrogen and oxygen atoms in total. The maximum absolute atomic E-state index is 12.9. The van der Waals surface area contributed by atoms with Crippen LogP contribution in [0.3, 0.4) is 0 Å². The van der Waals surface area contributed by atoms with Crippen molar-refractivity contribution < 1.29 is 0 Å². The van der Waals surface area contributed by atoms with Crippen LogP contribution in [0.5, 0.6) is 0 Å². The zero-order chi connectivity index (χ0) is 15.3. The zero-order valence-corrected chi connectivity index (χ0v) is 13.4. The van der Waals surface area contributed by atoms with Crippen LogP contribution in [0.1, 0.15) is 39.5 Å². The molecule has 1 spiro atoms. The van der Waals surface area contributed by atoms with E-state index >= 15 is 0 Å². The number of benzene rings is 1. The molecule has 1 atom stereocenters. The number of rotatable bonds is 2. The van der Waals surface area contributed by atoms with Crippen LogP contribution >= 0.6 is 0 Å². The van der Waals surface area contributed by atoms with Gasteiger partial charge in [0.25, 0.3) is 5.56 Å². The number of fused-ring (bicyclic) bond motifs is 1. The molecule has 0 bridgehead atoms. The summed E-state index contributed by atoms with van der Waals surface area (Å²) in [5.41, 5.74) is 2.37. The number of anilines is 1. The molecule has 1 saturated carbocycles. The molecule has 22 heavy (non-hydrogen) atoms. The zero-order valence-electron chi connectivity index (χ0n) is 13.4. The summed E-state index contributed by atoms with van der Waals surface area (Å²) in [6.07, 6.45) is 5.16. The highest BCUT2D eigenvalue weighted by molar-refractivity contribution is 5.76. The van der Waals surface area contributed by atoms with Crippen molar-refractivity contribution in [3.05, 3.63) is 34.6 Å². The molecule has 2 heterocycles. The normalized spacial score (nSPS) is 23.2. The number of aryl methyl sites for hydroxylation is 1. The van der Waals surface area contributed by atoms with Gasteiger partial charge in [-0.1, -0.05) is 18.6 Å². The first-order chi connectivity index (χ1) is 10.6. The number of hydrogen-bond donors (Lipinski definition) is 0. The fourth-order valence-electron chi connectivity index (χ4n) is 4.32. The van der Waals surface area contributed by atoms with E-state index in [0.29, 0.717) is 23.8 Å². The molecule has 116 valence electrons. The molecule has 4 rings (SSSR count). The Balaban J connectivity index is 1.85. The van der Waals surface area contributed by atoms with Gasteiger partial charge >= 0.3 is 0 Å². The molecule has 0 radical (unpaired) electrons. The van der Waals surface area contributed by atoms with Gasteiger partial charge in [-0.15, -0.1) is 0 Å². The van der Waals surface area contributed by atoms with Gasteiger partial charge in [-0.3, -0.25) is 4.79 Å². The van der Waals surface area contributed by atoms with Gasteiger partial charge in [0.15, 0.2) is 5.82 Å². The van der Waals surface area contributed by atoms with Gasteiger partial charge < -0.3 is 9.47 Å². The van der Waals surface area contributed by atoms with Crippen LogP contribution in [0.2, 0.25) is 0 Å². The van der Waals surface area contributed by atoms with Gasteiger partial charge in [0.2, 0.25) is 0 Å². The lowest BCUT2D eigenvalue weighted by Gasteiger charge is -2.38. The highest BCUT2D eigenvalue weighted by atomic mass is 16.1. The summed E-state index contributed by atoms with van der Waals surface area (Å²) in [5.74, 6) is 0.650. The molecule has 2 aromatic rings. The molecule has 1 aromatic carbocycles. The van der Waals surface area contributed by atoms with Crippen molar-refractivity contribution in [3.63, 3.8) is 0 Å². The van der Waals surface area contributed by atoms with E-state index in [-0.39, 0.29) is 5.56 Å². The standard InChI is InChI=1S/C18H23N3O/c1-3-20-15-8-5-4-7-14(15)19-16(17(20)22)21-12-18(9-6-10-18)11-13(21)2/h4-5,7-8,13H,3,6,9-12H2,1-2H3/t13-/m0/s1. The fourth-order valence-corrected chi connectivity index (χ4v) is 4.32. The Morgan fingerprint density at radius 3 is 2.73 bits per heavy atom. The second kappa shape index (κ2) is 4.83. The minimum Gasteiger partial charge on any atom is -0.349 e. The molecule has 1 aromatic heterocycles. The Morgan fingerprint density at radius 1 is 1.32 bits per heavy atom. The molecular weight excluding hydrogens is 274 g/mol. The van der Waals surface area contributed by atoms with E-state index in [9.17, 15) is 4.79 Å². The van der Waals surface area contributed by atoms with Crippen molar-refractivity contribution in [2.45, 2.75) is 52.1 Å². The van der Waals surface area contributed by atoms with Crippen molar-refractivity contribution in [1.29, 1.82) is 0 Å². The molecular formula is C18H23N3O. The maximum atomic E-state index is 12.9. The van der Waals surface area contributed by atoms with Crippen LogP contribution in [0.15, 0.2) is 29.1 Å². The van der Waals surface area contributed by atoms with Crippen LogP contribution in [0, 0.1) is 5.41 Å². The molecule has 0 N–H and O–H groups in total. The smallest absolute Gasteiger partial charge is 0.294 e. The largest absolute Gasteiger partial charge is 0.349 e. The first-order valence-corrected chi connectivity index (χ1v) is 8.40. The quantitative estimate of drug-likeness (QED) is 0.854. The molecule has 4 heteroatoms. The number of aromatic nitrogens is 2. The number of hydrogen-bond acceptors (Lipinski definition) is 3. The van der Waals surface area contributed by atoms with E-state index in [1.165, 1.54) is 25.7 Å². The first kappa shape index (κ1) is 13.8. The third-order valence-electron chi connectivity index (χ3n) is 5.60. The Labute approximate surface area is 130 Å². The van der Waals surface area contributed by atoms with Crippen molar-refractivity contribution in [2.24, 2.45) is 5.41 Å². The lowest BCUT2D eigenvalue weighted by Crippen LogP contribution is -2.38. The predicted octanol–water partition coefficient (Wildman–Crippen LogP) is 3.19. The Hall–Kier alpha value is -1.84. The van der Waals surface area contributed by atoms with Crippen LogP contribution in [0.4, 0.5) is 5.82 Å². The summed E-state index contributed by atoms with van der Waals surface area (Å²) in [6.45, 7) is 5.94. The predicted molar refractivity (Wildman–Crippen MR) is 89.4 cm³/mol. The Kier molecular flexibility index (Phi) is 3.03. The topological polar surface area (TPSA) is 38.1 Å². The van der Waals surface area contributed by atoms with Crippen molar-refractivity contribution >= 4 is 16.9 Å². The molecule has 0 unspecified atom stereocenters. The van der Waals surface area contributed by atoms with E-state index < -0.39 is 0 Å². The van der Waals surface area contributed by atoms with Gasteiger partial charge in [0, 0.05) is 19.1 Å². The molecule has 2 aliphatic rings. The lowest BCUT2D eigenvalue weighted by molar-refractivity contribution is 0.161. The third kappa shape index (κ3) is 1.89. The van der Waals surface area contributed by atoms with E-state index in [1.807, 2.05) is 35.8 Å². The average molecular weight is 297 g/mol. The Morgan fingerprint density at radius 2 is 2.09 bits per heavy atom. The summed E-state index contributed by atoms with van der Waals surface area (Å²) in [6, 6.07) is 8.36. The minimum atomic E-state index is 0.0597. The fraction of sp³-hybridized carbons (Fsp3) is 0.556. The van der Waals surface area contributed by atoms with E-state index in [1.54, 1.807) is 0 Å². The van der Waals surface area contributed by atoms with E-state index in [0.717, 1.165) is 17.6 Å². The SMILES string of the molecule is CCn1c(=O)c(N2CC3(CCC3)C[C@@H]2C)nc2ccccc21. The molecule has 1 aliphatic heterocycles. The highest BCUT2D eigenvalue weighted by Gasteiger charge is 2.47. The lowest BCUT2D eigenvalue weighted by atomic mass is 9.68. The third-order valence-corrected chi connectivity index (χ3v) is 5.60. The van der Waals surface area contributed by atoms with Crippen molar-refractivity contribution in [1.82, 2.24) is 9.55 Å². The molecule has 1 saturated heterocycles. The van der Waals surface area contributed by atoms with Gasteiger partial charge in [0.1, 0.15) is 0 Å². The minimum absolute atomic E-state index is 0.0597. The first-order valence-electron chi connectivity index (χ1n) is 8.40. The summed E-state index contributed by atoms with van der Waals surface area (Å²) < 4.78 is 1.86. The number of nitrogens with zero attached hydrogens (tertiary/aromatic N) is 3. The molecule has 0 amide bonds. The number of para-hydroxylation sites is 2. The second-order valence-corrected chi connectivity index (χ2v) is 7.01. The van der Waals surface area contributed by atoms with Crippen LogP contribution < -0.4 is 10.5 Å². The highest BCUT2D eigenvalue weighted by Crippen LogP contribution is 2.50. The van der Waals surface area contributed by atoms with Gasteiger partial charge in [-0.25, -0.2) is 4.98 Å². The van der Waals surface area contributed by atoms with E-state index in [4.69, 9.17) is 4.98 Å².